The van der Waals surface area contributed by atoms with Crippen LogP contribution in [0.5, 0.6) is 11.5 Å². The van der Waals surface area contributed by atoms with E-state index < -0.39 is 5.72 Å². The molecule has 6 heteroatoms. The molecule has 0 unspecified atom stereocenters. The molecule has 0 amide bonds. The highest BCUT2D eigenvalue weighted by atomic mass is 35.5. The van der Waals surface area contributed by atoms with Crippen molar-refractivity contribution in [1.29, 1.82) is 0 Å². The molecule has 0 bridgehead atoms. The van der Waals surface area contributed by atoms with Crippen LogP contribution in [0.25, 0.3) is 0 Å². The van der Waals surface area contributed by atoms with Crippen LogP contribution in [0.3, 0.4) is 0 Å². The molecule has 0 radical (unpaired) electrons. The summed E-state index contributed by atoms with van der Waals surface area (Å²) in [6, 6.07) is 13.2. The van der Waals surface area contributed by atoms with Gasteiger partial charge in [0.1, 0.15) is 11.5 Å². The fraction of sp³-hybridized carbons (Fsp3) is 0.381. The standard InChI is InChI=1S/C21H23ClN2O2S/c1-20(2)12-21(24-19(23-20)27-3)11-16(14-6-4-5-7-17(14)22)15-9-8-13(25)10-18(15)26-21/h4-10,16,25H,11-12H2,1-3H3,(H,23,24)/t16-,21+/m0/s1. The van der Waals surface area contributed by atoms with Gasteiger partial charge in [0, 0.05) is 41.0 Å². The summed E-state index contributed by atoms with van der Waals surface area (Å²) in [5, 5.41) is 15.1. The Morgan fingerprint density at radius 1 is 1.22 bits per heavy atom. The lowest BCUT2D eigenvalue weighted by atomic mass is 9.77. The Kier molecular flexibility index (Phi) is 4.55. The number of aromatic hydroxyl groups is 1. The third-order valence-electron chi connectivity index (χ3n) is 5.14. The van der Waals surface area contributed by atoms with Crippen LogP contribution < -0.4 is 10.1 Å². The molecular weight excluding hydrogens is 380 g/mol. The number of thioether (sulfide) groups is 1. The van der Waals surface area contributed by atoms with Crippen LogP contribution in [0.1, 0.15) is 43.7 Å². The maximum Gasteiger partial charge on any atom is 0.206 e. The van der Waals surface area contributed by atoms with Crippen molar-refractivity contribution < 1.29 is 9.84 Å². The van der Waals surface area contributed by atoms with Crippen LogP contribution in [0.4, 0.5) is 0 Å². The van der Waals surface area contributed by atoms with Gasteiger partial charge >= 0.3 is 0 Å². The molecule has 1 spiro atoms. The zero-order chi connectivity index (χ0) is 19.2. The molecule has 2 aromatic rings. The van der Waals surface area contributed by atoms with Crippen molar-refractivity contribution in [1.82, 2.24) is 5.32 Å². The first-order valence-electron chi connectivity index (χ1n) is 8.99. The lowest BCUT2D eigenvalue weighted by Crippen LogP contribution is -2.56. The summed E-state index contributed by atoms with van der Waals surface area (Å²) in [6.45, 7) is 4.32. The number of nitrogens with one attached hydrogen (secondary N) is 1. The van der Waals surface area contributed by atoms with E-state index in [0.29, 0.717) is 12.2 Å². The van der Waals surface area contributed by atoms with Gasteiger partial charge in [0.2, 0.25) is 5.72 Å². The van der Waals surface area contributed by atoms with E-state index in [2.05, 4.69) is 25.2 Å². The number of aliphatic imine (C=N–C) groups is 1. The number of benzene rings is 2. The largest absolute Gasteiger partial charge is 0.508 e. The maximum absolute atomic E-state index is 10.0. The van der Waals surface area contributed by atoms with Gasteiger partial charge in [-0.25, -0.2) is 4.99 Å². The summed E-state index contributed by atoms with van der Waals surface area (Å²) in [4.78, 5) is 4.94. The normalized spacial score (nSPS) is 25.9. The number of nitrogens with zero attached hydrogens (tertiary/aromatic N) is 1. The molecule has 4 nitrogen and oxygen atoms in total. The second-order valence-electron chi connectivity index (χ2n) is 7.86. The molecule has 0 aromatic heterocycles. The topological polar surface area (TPSA) is 53.9 Å². The monoisotopic (exact) mass is 402 g/mol. The highest BCUT2D eigenvalue weighted by Gasteiger charge is 2.48. The Morgan fingerprint density at radius 3 is 2.74 bits per heavy atom. The summed E-state index contributed by atoms with van der Waals surface area (Å²) in [7, 11) is 0. The third-order valence-corrected chi connectivity index (χ3v) is 6.06. The number of rotatable bonds is 1. The van der Waals surface area contributed by atoms with Crippen LogP contribution in [-0.2, 0) is 0 Å². The van der Waals surface area contributed by atoms with E-state index in [4.69, 9.17) is 21.3 Å². The smallest absolute Gasteiger partial charge is 0.206 e. The molecule has 2 aliphatic rings. The molecule has 0 fully saturated rings. The summed E-state index contributed by atoms with van der Waals surface area (Å²) in [5.74, 6) is 0.905. The van der Waals surface area contributed by atoms with Gasteiger partial charge in [-0.15, -0.1) is 0 Å². The third kappa shape index (κ3) is 3.50. The quantitative estimate of drug-likeness (QED) is 0.692. The van der Waals surface area contributed by atoms with Gasteiger partial charge in [0.25, 0.3) is 0 Å². The van der Waals surface area contributed by atoms with Gasteiger partial charge in [-0.05, 0) is 37.8 Å². The van der Waals surface area contributed by atoms with E-state index >= 15 is 0 Å². The number of ether oxygens (including phenoxy) is 1. The number of phenolic OH excluding ortho intramolecular Hbond substituents is 1. The van der Waals surface area contributed by atoms with Gasteiger partial charge in [-0.1, -0.05) is 47.6 Å². The highest BCUT2D eigenvalue weighted by molar-refractivity contribution is 8.13. The predicted molar refractivity (Wildman–Crippen MR) is 112 cm³/mol. The average molecular weight is 403 g/mol. The van der Waals surface area contributed by atoms with E-state index in [-0.39, 0.29) is 17.2 Å². The zero-order valence-corrected chi connectivity index (χ0v) is 17.2. The average Bonchev–Trinajstić information content (AvgIpc) is 2.59. The predicted octanol–water partition coefficient (Wildman–Crippen LogP) is 5.15. The van der Waals surface area contributed by atoms with Crippen molar-refractivity contribution in [2.24, 2.45) is 4.99 Å². The van der Waals surface area contributed by atoms with Crippen molar-refractivity contribution in [3.63, 3.8) is 0 Å². The van der Waals surface area contributed by atoms with Crippen LogP contribution in [0.2, 0.25) is 5.02 Å². The van der Waals surface area contributed by atoms with Gasteiger partial charge in [-0.2, -0.15) is 0 Å². The summed E-state index contributed by atoms with van der Waals surface area (Å²) < 4.78 is 6.46. The van der Waals surface area contributed by atoms with E-state index in [1.165, 1.54) is 0 Å². The minimum absolute atomic E-state index is 0.0452. The molecule has 2 atom stereocenters. The van der Waals surface area contributed by atoms with Crippen LogP contribution in [0.15, 0.2) is 47.5 Å². The summed E-state index contributed by atoms with van der Waals surface area (Å²) >= 11 is 8.14. The molecule has 0 saturated carbocycles. The molecule has 4 rings (SSSR count). The SMILES string of the molecule is CSC1=N[C@@]2(C[C@@H](c3ccccc3Cl)c3ccc(O)cc3O2)CC(C)(C)N1. The van der Waals surface area contributed by atoms with E-state index in [1.54, 1.807) is 23.9 Å². The number of halogens is 1. The Bertz CT molecular complexity index is 915. The molecular formula is C21H23ClN2O2S. The first kappa shape index (κ1) is 18.5. The Hall–Kier alpha value is -1.85. The fourth-order valence-corrected chi connectivity index (χ4v) is 5.06. The lowest BCUT2D eigenvalue weighted by molar-refractivity contribution is 0.0134. The van der Waals surface area contributed by atoms with Crippen molar-refractivity contribution in [2.45, 2.75) is 43.9 Å². The Labute approximate surface area is 169 Å². The molecule has 142 valence electrons. The van der Waals surface area contributed by atoms with Gasteiger partial charge in [-0.3, -0.25) is 0 Å². The molecule has 2 aromatic carbocycles. The first-order chi connectivity index (χ1) is 12.8. The summed E-state index contributed by atoms with van der Waals surface area (Å²) in [6.07, 6.45) is 3.43. The molecule has 0 saturated heterocycles. The second kappa shape index (κ2) is 6.64. The molecule has 2 heterocycles. The fourth-order valence-electron chi connectivity index (χ4n) is 4.16. The van der Waals surface area contributed by atoms with E-state index in [9.17, 15) is 5.11 Å². The number of hydrogen-bond donors (Lipinski definition) is 2. The molecule has 2 N–H and O–H groups in total. The van der Waals surface area contributed by atoms with Gasteiger partial charge in [0.05, 0.1) is 0 Å². The van der Waals surface area contributed by atoms with Crippen LogP contribution in [0, 0.1) is 0 Å². The number of phenols is 1. The van der Waals surface area contributed by atoms with Crippen molar-refractivity contribution in [3.8, 4) is 11.5 Å². The highest BCUT2D eigenvalue weighted by Crippen LogP contribution is 2.50. The Morgan fingerprint density at radius 2 is 2.00 bits per heavy atom. The number of amidine groups is 1. The van der Waals surface area contributed by atoms with Crippen molar-refractivity contribution in [3.05, 3.63) is 58.6 Å². The minimum Gasteiger partial charge on any atom is -0.508 e. The Balaban J connectivity index is 1.87. The maximum atomic E-state index is 10.0. The van der Waals surface area contributed by atoms with E-state index in [0.717, 1.165) is 27.7 Å². The number of hydrogen-bond acceptors (Lipinski definition) is 5. The van der Waals surface area contributed by atoms with Crippen molar-refractivity contribution in [2.75, 3.05) is 6.26 Å². The van der Waals surface area contributed by atoms with Gasteiger partial charge < -0.3 is 15.2 Å². The van der Waals surface area contributed by atoms with Crippen LogP contribution in [-0.4, -0.2) is 27.8 Å². The zero-order valence-electron chi connectivity index (χ0n) is 15.6. The molecule has 27 heavy (non-hydrogen) atoms. The minimum atomic E-state index is -0.697. The first-order valence-corrected chi connectivity index (χ1v) is 10.6. The van der Waals surface area contributed by atoms with Crippen molar-refractivity contribution >= 4 is 28.5 Å². The van der Waals surface area contributed by atoms with Crippen LogP contribution >= 0.6 is 23.4 Å². The van der Waals surface area contributed by atoms with E-state index in [1.807, 2.05) is 30.5 Å². The molecule has 2 aliphatic heterocycles. The second-order valence-corrected chi connectivity index (χ2v) is 9.06. The molecule has 0 aliphatic carbocycles. The number of fused-ring (bicyclic) bond motifs is 1. The van der Waals surface area contributed by atoms with Gasteiger partial charge in [0.15, 0.2) is 5.17 Å². The summed E-state index contributed by atoms with van der Waals surface area (Å²) in [5.41, 5.74) is 1.24. The lowest BCUT2D eigenvalue weighted by Gasteiger charge is -2.47.